The van der Waals surface area contributed by atoms with Crippen molar-refractivity contribution in [2.24, 2.45) is 0 Å². The van der Waals surface area contributed by atoms with Gasteiger partial charge in [0, 0.05) is 13.7 Å². The van der Waals surface area contributed by atoms with Crippen LogP contribution in [-0.2, 0) is 20.8 Å². The Morgan fingerprint density at radius 3 is 2.23 bits per heavy atom. The monoisotopic (exact) mass is 311 g/mol. The normalized spacial score (nSPS) is 10.4. The Labute approximate surface area is 129 Å². The fraction of sp³-hybridized carbons (Fsp3) is 0.533. The molecule has 0 fully saturated rings. The van der Waals surface area contributed by atoms with Crippen LogP contribution in [0, 0.1) is 6.92 Å². The molecule has 122 valence electrons. The second-order valence-electron chi connectivity index (χ2n) is 4.44. The number of hydrogen-bond donors (Lipinski definition) is 0. The molecular weight excluding hydrogens is 290 g/mol. The lowest BCUT2D eigenvalue weighted by Gasteiger charge is -2.10. The van der Waals surface area contributed by atoms with Crippen LogP contribution in [0.3, 0.4) is 0 Å². The lowest BCUT2D eigenvalue weighted by Crippen LogP contribution is -2.17. The number of rotatable bonds is 8. The highest BCUT2D eigenvalue weighted by Gasteiger charge is 2.29. The molecule has 7 nitrogen and oxygen atoms in total. The third-order valence-electron chi connectivity index (χ3n) is 3.13. The van der Waals surface area contributed by atoms with Crippen molar-refractivity contribution in [2.45, 2.75) is 27.3 Å². The maximum atomic E-state index is 12.2. The number of methoxy groups -OCH3 is 1. The van der Waals surface area contributed by atoms with Gasteiger partial charge in [-0.05, 0) is 26.3 Å². The molecule has 0 radical (unpaired) electrons. The number of nitrogens with zero attached hydrogens (tertiary/aromatic N) is 1. The van der Waals surface area contributed by atoms with E-state index in [1.165, 1.54) is 11.7 Å². The van der Waals surface area contributed by atoms with Crippen LogP contribution < -0.4 is 0 Å². The Hall–Kier alpha value is -2.15. The average molecular weight is 311 g/mol. The summed E-state index contributed by atoms with van der Waals surface area (Å²) >= 11 is 0. The Bertz CT molecular complexity index is 561. The van der Waals surface area contributed by atoms with Gasteiger partial charge < -0.3 is 18.8 Å². The molecule has 0 bridgehead atoms. The number of aromatic nitrogens is 1. The molecule has 1 heterocycles. The van der Waals surface area contributed by atoms with Crippen molar-refractivity contribution in [2.75, 3.05) is 26.9 Å². The Balaban J connectivity index is 3.48. The first-order valence-corrected chi connectivity index (χ1v) is 7.04. The molecule has 0 N–H and O–H groups in total. The fourth-order valence-electron chi connectivity index (χ4n) is 2.23. The van der Waals surface area contributed by atoms with Gasteiger partial charge in [0.1, 0.15) is 5.69 Å². The lowest BCUT2D eigenvalue weighted by molar-refractivity contribution is 0.0508. The zero-order valence-corrected chi connectivity index (χ0v) is 13.3. The first-order chi connectivity index (χ1) is 10.5. The van der Waals surface area contributed by atoms with Gasteiger partial charge in [-0.25, -0.2) is 9.59 Å². The number of ether oxygens (including phenoxy) is 3. The van der Waals surface area contributed by atoms with Crippen LogP contribution in [0.2, 0.25) is 0 Å². The minimum absolute atomic E-state index is 0.0935. The molecule has 0 unspecified atom stereocenters. The minimum Gasteiger partial charge on any atom is -0.462 e. The molecule has 0 saturated carbocycles. The molecule has 0 aliphatic carbocycles. The molecule has 1 aromatic rings. The molecule has 0 aliphatic rings. The number of esters is 2. The van der Waals surface area contributed by atoms with Gasteiger partial charge in [0.25, 0.3) is 0 Å². The Morgan fingerprint density at radius 1 is 1.14 bits per heavy atom. The van der Waals surface area contributed by atoms with Gasteiger partial charge in [0.2, 0.25) is 0 Å². The summed E-state index contributed by atoms with van der Waals surface area (Å²) in [6, 6.07) is 0. The van der Waals surface area contributed by atoms with Crippen LogP contribution in [-0.4, -0.2) is 49.7 Å². The predicted molar refractivity (Wildman–Crippen MR) is 78.3 cm³/mol. The smallest absolute Gasteiger partial charge is 0.355 e. The summed E-state index contributed by atoms with van der Waals surface area (Å²) in [6.07, 6.45) is 0.539. The van der Waals surface area contributed by atoms with E-state index in [1.54, 1.807) is 20.8 Å². The second-order valence-corrected chi connectivity index (χ2v) is 4.44. The number of carbonyl (C=O) groups excluding carboxylic acids is 3. The molecule has 1 rings (SSSR count). The fourth-order valence-corrected chi connectivity index (χ4v) is 2.23. The average Bonchev–Trinajstić information content (AvgIpc) is 2.77. The van der Waals surface area contributed by atoms with Crippen molar-refractivity contribution in [3.63, 3.8) is 0 Å². The van der Waals surface area contributed by atoms with Crippen LogP contribution >= 0.6 is 0 Å². The molecule has 0 saturated heterocycles. The van der Waals surface area contributed by atoms with Crippen LogP contribution in [0.25, 0.3) is 0 Å². The summed E-state index contributed by atoms with van der Waals surface area (Å²) in [5, 5.41) is 0. The standard InChI is InChI=1S/C15H21NO6/c1-5-21-14(18)12-10(3)13(15(19)22-6-2)16(7-8-20-4)11(12)9-17/h9H,5-8H2,1-4H3. The molecule has 22 heavy (non-hydrogen) atoms. The molecule has 7 heteroatoms. The summed E-state index contributed by atoms with van der Waals surface area (Å²) in [7, 11) is 1.51. The largest absolute Gasteiger partial charge is 0.462 e. The number of carbonyl (C=O) groups is 3. The predicted octanol–water partition coefficient (Wildman–Crippen LogP) is 1.61. The van der Waals surface area contributed by atoms with Crippen LogP contribution in [0.4, 0.5) is 0 Å². The van der Waals surface area contributed by atoms with Gasteiger partial charge in [-0.2, -0.15) is 0 Å². The quantitative estimate of drug-likeness (QED) is 0.536. The third-order valence-corrected chi connectivity index (χ3v) is 3.13. The van der Waals surface area contributed by atoms with E-state index in [4.69, 9.17) is 14.2 Å². The van der Waals surface area contributed by atoms with E-state index in [-0.39, 0.29) is 43.3 Å². The van der Waals surface area contributed by atoms with Gasteiger partial charge in [0.15, 0.2) is 6.29 Å². The maximum absolute atomic E-state index is 12.2. The van der Waals surface area contributed by atoms with Crippen molar-refractivity contribution < 1.29 is 28.6 Å². The van der Waals surface area contributed by atoms with Gasteiger partial charge in [-0.3, -0.25) is 4.79 Å². The summed E-state index contributed by atoms with van der Waals surface area (Å²) < 4.78 is 16.4. The molecule has 0 amide bonds. The molecule has 0 aromatic carbocycles. The van der Waals surface area contributed by atoms with Gasteiger partial charge in [-0.15, -0.1) is 0 Å². The van der Waals surface area contributed by atoms with Crippen LogP contribution in [0.1, 0.15) is 50.7 Å². The van der Waals surface area contributed by atoms with E-state index < -0.39 is 11.9 Å². The van der Waals surface area contributed by atoms with E-state index in [9.17, 15) is 14.4 Å². The zero-order valence-electron chi connectivity index (χ0n) is 13.3. The van der Waals surface area contributed by atoms with Crippen LogP contribution in [0.15, 0.2) is 0 Å². The summed E-state index contributed by atoms with van der Waals surface area (Å²) in [6.45, 7) is 5.84. The van der Waals surface area contributed by atoms with E-state index in [1.807, 2.05) is 0 Å². The highest BCUT2D eigenvalue weighted by atomic mass is 16.5. The Kier molecular flexibility index (Phi) is 6.78. The van der Waals surface area contributed by atoms with E-state index in [0.717, 1.165) is 0 Å². The highest BCUT2D eigenvalue weighted by Crippen LogP contribution is 2.23. The first-order valence-electron chi connectivity index (χ1n) is 7.04. The molecular formula is C15H21NO6. The number of hydrogen-bond acceptors (Lipinski definition) is 6. The molecule has 0 atom stereocenters. The minimum atomic E-state index is -0.635. The molecule has 1 aromatic heterocycles. The Morgan fingerprint density at radius 2 is 1.73 bits per heavy atom. The maximum Gasteiger partial charge on any atom is 0.355 e. The topological polar surface area (TPSA) is 83.8 Å². The van der Waals surface area contributed by atoms with Crippen molar-refractivity contribution >= 4 is 18.2 Å². The van der Waals surface area contributed by atoms with Crippen LogP contribution in [0.5, 0.6) is 0 Å². The third kappa shape index (κ3) is 3.54. The second kappa shape index (κ2) is 8.33. The van der Waals surface area contributed by atoms with E-state index in [0.29, 0.717) is 11.8 Å². The summed E-state index contributed by atoms with van der Waals surface area (Å²) in [5.74, 6) is -1.22. The SMILES string of the molecule is CCOC(=O)c1c(C)c(C(=O)OCC)n(CCOC)c1C=O. The summed E-state index contributed by atoms with van der Waals surface area (Å²) in [5.41, 5.74) is 0.728. The van der Waals surface area contributed by atoms with Crippen molar-refractivity contribution in [3.8, 4) is 0 Å². The number of aldehydes is 1. The lowest BCUT2D eigenvalue weighted by atomic mass is 10.1. The zero-order chi connectivity index (χ0) is 16.7. The van der Waals surface area contributed by atoms with Gasteiger partial charge in [0.05, 0.1) is 31.1 Å². The molecule has 0 spiro atoms. The van der Waals surface area contributed by atoms with Crippen molar-refractivity contribution in [1.82, 2.24) is 4.57 Å². The van der Waals surface area contributed by atoms with E-state index >= 15 is 0 Å². The van der Waals surface area contributed by atoms with Gasteiger partial charge in [-0.1, -0.05) is 0 Å². The van der Waals surface area contributed by atoms with E-state index in [2.05, 4.69) is 0 Å². The van der Waals surface area contributed by atoms with Crippen molar-refractivity contribution in [1.29, 1.82) is 0 Å². The highest BCUT2D eigenvalue weighted by molar-refractivity contribution is 6.03. The van der Waals surface area contributed by atoms with Gasteiger partial charge >= 0.3 is 11.9 Å². The summed E-state index contributed by atoms with van der Waals surface area (Å²) in [4.78, 5) is 35.7. The van der Waals surface area contributed by atoms with Crippen molar-refractivity contribution in [3.05, 3.63) is 22.5 Å². The first kappa shape index (κ1) is 17.9. The molecule has 0 aliphatic heterocycles.